The van der Waals surface area contributed by atoms with Gasteiger partial charge in [0, 0.05) is 18.8 Å². The highest BCUT2D eigenvalue weighted by Gasteiger charge is 2.51. The molecule has 226 valence electrons. The molecule has 41 heavy (non-hydrogen) atoms. The van der Waals surface area contributed by atoms with Crippen LogP contribution in [0, 0.1) is 0 Å². The van der Waals surface area contributed by atoms with Gasteiger partial charge in [-0.3, -0.25) is 19.1 Å². The lowest BCUT2D eigenvalue weighted by atomic mass is 10.1. The molecule has 1 aromatic carbocycles. The van der Waals surface area contributed by atoms with E-state index in [4.69, 9.17) is 9.47 Å². The molecule has 1 fully saturated rings. The van der Waals surface area contributed by atoms with Crippen LogP contribution in [0.4, 0.5) is 29.3 Å². The van der Waals surface area contributed by atoms with Crippen molar-refractivity contribution in [2.75, 3.05) is 35.9 Å². The van der Waals surface area contributed by atoms with E-state index in [2.05, 4.69) is 20.5 Å². The molecular weight excluding hydrogens is 575 g/mol. The minimum atomic E-state index is -4.83. The van der Waals surface area contributed by atoms with E-state index in [0.717, 1.165) is 17.1 Å². The number of alkyl halides is 3. The van der Waals surface area contributed by atoms with Crippen LogP contribution in [0.1, 0.15) is 39.7 Å². The molecule has 13 nitrogen and oxygen atoms in total. The van der Waals surface area contributed by atoms with Crippen LogP contribution in [0.3, 0.4) is 0 Å². The lowest BCUT2D eigenvalue weighted by Crippen LogP contribution is -2.48. The number of fused-ring (bicyclic) bond motifs is 1. The Bertz CT molecular complexity index is 1410. The zero-order valence-corrected chi connectivity index (χ0v) is 23.2. The van der Waals surface area contributed by atoms with Gasteiger partial charge in [-0.25, -0.2) is 13.2 Å². The van der Waals surface area contributed by atoms with Gasteiger partial charge in [0.25, 0.3) is 15.9 Å². The van der Waals surface area contributed by atoms with Gasteiger partial charge in [-0.2, -0.15) is 13.2 Å². The SMILES string of the molecule is CC(=O)NC[C@H]1CN(S(=O)(=O)c2cn(C3CC3)nc2OCCO)c2cc(NC(=O)OC(C)(C)C(F)(F)F)ccc2O1. The van der Waals surface area contributed by atoms with Gasteiger partial charge in [-0.15, -0.1) is 5.10 Å². The van der Waals surface area contributed by atoms with Crippen LogP contribution < -0.4 is 24.4 Å². The van der Waals surface area contributed by atoms with Crippen LogP contribution >= 0.6 is 0 Å². The van der Waals surface area contributed by atoms with E-state index in [9.17, 15) is 36.3 Å². The van der Waals surface area contributed by atoms with Gasteiger partial charge in [0.1, 0.15) is 18.5 Å². The Morgan fingerprint density at radius 3 is 2.56 bits per heavy atom. The third-order valence-corrected chi connectivity index (χ3v) is 7.99. The Balaban J connectivity index is 1.69. The Labute approximate surface area is 233 Å². The number of ether oxygens (including phenoxy) is 3. The van der Waals surface area contributed by atoms with Crippen molar-refractivity contribution in [3.8, 4) is 11.6 Å². The second-order valence-electron chi connectivity index (χ2n) is 10.00. The Hall–Kier alpha value is -3.73. The monoisotopic (exact) mass is 605 g/mol. The van der Waals surface area contributed by atoms with Gasteiger partial charge in [0.05, 0.1) is 31.4 Å². The summed E-state index contributed by atoms with van der Waals surface area (Å²) in [6.07, 6.45) is -4.13. The third-order valence-electron chi connectivity index (χ3n) is 6.23. The summed E-state index contributed by atoms with van der Waals surface area (Å²) in [5.41, 5.74) is -2.89. The number of hydrogen-bond acceptors (Lipinski definition) is 9. The van der Waals surface area contributed by atoms with Crippen molar-refractivity contribution in [1.29, 1.82) is 0 Å². The molecule has 2 amide bonds. The smallest absolute Gasteiger partial charge is 0.427 e. The number of carbonyl (C=O) groups is 2. The van der Waals surface area contributed by atoms with Crippen LogP contribution in [0.5, 0.6) is 11.6 Å². The van der Waals surface area contributed by atoms with Crippen molar-refractivity contribution in [2.45, 2.75) is 62.4 Å². The molecular formula is C24H30F3N5O8S. The molecule has 0 bridgehead atoms. The number of benzene rings is 1. The molecule has 0 radical (unpaired) electrons. The van der Waals surface area contributed by atoms with Crippen LogP contribution in [-0.4, -0.2) is 79.5 Å². The van der Waals surface area contributed by atoms with Gasteiger partial charge in [-0.1, -0.05) is 0 Å². The molecule has 1 aliphatic carbocycles. The number of amides is 2. The first-order valence-corrected chi connectivity index (χ1v) is 14.0. The highest BCUT2D eigenvalue weighted by Crippen LogP contribution is 2.42. The number of anilines is 2. The zero-order valence-electron chi connectivity index (χ0n) is 22.4. The number of carbonyl (C=O) groups excluding carboxylic acids is 2. The summed E-state index contributed by atoms with van der Waals surface area (Å²) in [5.74, 6) is -0.513. The van der Waals surface area contributed by atoms with Crippen molar-refractivity contribution in [3.63, 3.8) is 0 Å². The van der Waals surface area contributed by atoms with Gasteiger partial charge < -0.3 is 24.6 Å². The summed E-state index contributed by atoms with van der Waals surface area (Å²) < 4.78 is 85.9. The lowest BCUT2D eigenvalue weighted by molar-refractivity contribution is -0.242. The van der Waals surface area contributed by atoms with Crippen molar-refractivity contribution in [3.05, 3.63) is 24.4 Å². The fraction of sp³-hybridized carbons (Fsp3) is 0.542. The number of sulfonamides is 1. The molecule has 1 saturated carbocycles. The van der Waals surface area contributed by atoms with Gasteiger partial charge in [0.2, 0.25) is 11.5 Å². The van der Waals surface area contributed by atoms with E-state index < -0.39 is 34.0 Å². The second kappa shape index (κ2) is 11.3. The maximum atomic E-state index is 14.1. The van der Waals surface area contributed by atoms with Crippen molar-refractivity contribution in [2.24, 2.45) is 0 Å². The summed E-state index contributed by atoms with van der Waals surface area (Å²) >= 11 is 0. The number of nitrogens with zero attached hydrogens (tertiary/aromatic N) is 3. The number of rotatable bonds is 10. The van der Waals surface area contributed by atoms with Crippen LogP contribution in [0.15, 0.2) is 29.3 Å². The number of aliphatic hydroxyl groups is 1. The first-order valence-electron chi connectivity index (χ1n) is 12.6. The average Bonchev–Trinajstić information content (AvgIpc) is 3.63. The number of halogens is 3. The molecule has 1 aromatic heterocycles. The maximum Gasteiger partial charge on any atom is 0.427 e. The van der Waals surface area contributed by atoms with E-state index in [1.54, 1.807) is 0 Å². The van der Waals surface area contributed by atoms with Crippen molar-refractivity contribution in [1.82, 2.24) is 15.1 Å². The molecule has 2 aromatic rings. The zero-order chi connectivity index (χ0) is 30.2. The van der Waals surface area contributed by atoms with E-state index in [-0.39, 0.29) is 66.2 Å². The second-order valence-corrected chi connectivity index (χ2v) is 11.8. The average molecular weight is 606 g/mol. The van der Waals surface area contributed by atoms with Crippen LogP contribution in [-0.2, 0) is 19.6 Å². The summed E-state index contributed by atoms with van der Waals surface area (Å²) in [7, 11) is -4.43. The predicted octanol–water partition coefficient (Wildman–Crippen LogP) is 2.57. The molecule has 1 atom stereocenters. The summed E-state index contributed by atoms with van der Waals surface area (Å²) in [6.45, 7) is 1.77. The molecule has 3 N–H and O–H groups in total. The molecule has 17 heteroatoms. The summed E-state index contributed by atoms with van der Waals surface area (Å²) in [5, 5.41) is 18.2. The quantitative estimate of drug-likeness (QED) is 0.370. The van der Waals surface area contributed by atoms with Crippen molar-refractivity contribution >= 4 is 33.4 Å². The highest BCUT2D eigenvalue weighted by atomic mass is 32.2. The Morgan fingerprint density at radius 2 is 1.95 bits per heavy atom. The third kappa shape index (κ3) is 6.78. The normalized spacial score (nSPS) is 17.3. The van der Waals surface area contributed by atoms with Gasteiger partial charge >= 0.3 is 12.3 Å². The largest absolute Gasteiger partial charge is 0.484 e. The molecule has 1 aliphatic heterocycles. The first kappa shape index (κ1) is 30.2. The van der Waals surface area contributed by atoms with E-state index in [1.165, 1.54) is 36.0 Å². The fourth-order valence-electron chi connectivity index (χ4n) is 3.84. The Morgan fingerprint density at radius 1 is 1.24 bits per heavy atom. The van der Waals surface area contributed by atoms with E-state index in [1.807, 2.05) is 0 Å². The molecule has 0 spiro atoms. The number of aromatic nitrogens is 2. The number of aliphatic hydroxyl groups excluding tert-OH is 1. The van der Waals surface area contributed by atoms with Crippen LogP contribution in [0.2, 0.25) is 0 Å². The minimum absolute atomic E-state index is 0.00248. The van der Waals surface area contributed by atoms with Crippen LogP contribution in [0.25, 0.3) is 0 Å². The summed E-state index contributed by atoms with van der Waals surface area (Å²) in [4.78, 5) is 23.5. The van der Waals surface area contributed by atoms with Gasteiger partial charge in [0.15, 0.2) is 4.90 Å². The van der Waals surface area contributed by atoms with E-state index >= 15 is 0 Å². The molecule has 4 rings (SSSR count). The standard InChI is InChI=1S/C24H30F3N5O8S/c1-14(34)28-11-17-12-32(41(36,37)20-13-31(16-5-6-16)30-21(20)38-9-8-33)18-10-15(4-7-19(18)39-17)29-22(35)40-23(2,3)24(25,26)27/h4,7,10,13,16-17,33H,5-6,8-9,11-12H2,1-3H3,(H,28,34)(H,29,35)/t17-/m0/s1. The maximum absolute atomic E-state index is 14.1. The summed E-state index contributed by atoms with van der Waals surface area (Å²) in [6, 6.07) is 3.84. The number of hydrogen-bond donors (Lipinski definition) is 3. The molecule has 2 aliphatic rings. The predicted molar refractivity (Wildman–Crippen MR) is 137 cm³/mol. The first-order chi connectivity index (χ1) is 19.1. The van der Waals surface area contributed by atoms with E-state index in [0.29, 0.717) is 13.8 Å². The highest BCUT2D eigenvalue weighted by molar-refractivity contribution is 7.93. The topological polar surface area (TPSA) is 161 Å². The molecule has 2 heterocycles. The van der Waals surface area contributed by atoms with Gasteiger partial charge in [-0.05, 0) is 44.9 Å². The number of nitrogens with one attached hydrogen (secondary N) is 2. The Kier molecular flexibility index (Phi) is 8.31. The fourth-order valence-corrected chi connectivity index (χ4v) is 5.40. The minimum Gasteiger partial charge on any atom is -0.484 e. The molecule has 0 saturated heterocycles. The van der Waals surface area contributed by atoms with Crippen molar-refractivity contribution < 1.29 is 50.5 Å². The lowest BCUT2D eigenvalue weighted by Gasteiger charge is -2.35. The molecule has 0 unspecified atom stereocenters.